The Labute approximate surface area is 121 Å². The summed E-state index contributed by atoms with van der Waals surface area (Å²) in [6, 6.07) is 8.60. The summed E-state index contributed by atoms with van der Waals surface area (Å²) in [6.07, 6.45) is 2.56. The highest BCUT2D eigenvalue weighted by Gasteiger charge is 2.30. The van der Waals surface area contributed by atoms with Gasteiger partial charge in [-0.2, -0.15) is 0 Å². The lowest BCUT2D eigenvalue weighted by Crippen LogP contribution is -2.41. The van der Waals surface area contributed by atoms with Crippen LogP contribution in [0.1, 0.15) is 24.4 Å². The van der Waals surface area contributed by atoms with E-state index in [2.05, 4.69) is 44.0 Å². The number of hydrogen-bond donors (Lipinski definition) is 1. The molecule has 2 aliphatic rings. The molecular formula is C14H18BrN3O. The van der Waals surface area contributed by atoms with E-state index in [4.69, 9.17) is 10.5 Å². The topological polar surface area (TPSA) is 50.8 Å². The van der Waals surface area contributed by atoms with Crippen LogP contribution in [0, 0.1) is 0 Å². The molecular weight excluding hydrogens is 306 g/mol. The Morgan fingerprint density at radius 2 is 2.37 bits per heavy atom. The molecule has 1 aromatic rings. The Morgan fingerprint density at radius 3 is 3.11 bits per heavy atom. The van der Waals surface area contributed by atoms with Crippen LogP contribution in [0.4, 0.5) is 0 Å². The fraction of sp³-hybridized carbons (Fsp3) is 0.500. The van der Waals surface area contributed by atoms with Gasteiger partial charge in [0, 0.05) is 17.6 Å². The van der Waals surface area contributed by atoms with Crippen LogP contribution in [0.5, 0.6) is 0 Å². The molecule has 2 unspecified atom stereocenters. The van der Waals surface area contributed by atoms with Crippen molar-refractivity contribution in [3.63, 3.8) is 0 Å². The summed E-state index contributed by atoms with van der Waals surface area (Å²) in [5, 5.41) is 0. The summed E-state index contributed by atoms with van der Waals surface area (Å²) in [6.45, 7) is 2.44. The average molecular weight is 324 g/mol. The molecule has 0 bridgehead atoms. The molecule has 4 nitrogen and oxygen atoms in total. The van der Waals surface area contributed by atoms with E-state index in [1.54, 1.807) is 0 Å². The molecule has 1 fully saturated rings. The lowest BCUT2D eigenvalue weighted by molar-refractivity contribution is 0.0853. The van der Waals surface area contributed by atoms with Crippen LogP contribution < -0.4 is 5.73 Å². The van der Waals surface area contributed by atoms with E-state index in [0.29, 0.717) is 12.1 Å². The molecule has 5 heteroatoms. The van der Waals surface area contributed by atoms with Gasteiger partial charge >= 0.3 is 0 Å². The molecule has 0 aliphatic carbocycles. The monoisotopic (exact) mass is 323 g/mol. The van der Waals surface area contributed by atoms with Crippen molar-refractivity contribution in [2.45, 2.75) is 25.0 Å². The Kier molecular flexibility index (Phi) is 3.75. The van der Waals surface area contributed by atoms with Crippen LogP contribution in [0.25, 0.3) is 0 Å². The maximum atomic E-state index is 6.03. The van der Waals surface area contributed by atoms with Gasteiger partial charge in [-0.1, -0.05) is 28.1 Å². The molecule has 2 N–H and O–H groups in total. The van der Waals surface area contributed by atoms with Crippen LogP contribution in [-0.4, -0.2) is 36.7 Å². The molecule has 1 aromatic carbocycles. The largest absolute Gasteiger partial charge is 0.376 e. The van der Waals surface area contributed by atoms with E-state index in [1.165, 1.54) is 5.56 Å². The average Bonchev–Trinajstić information content (AvgIpc) is 3.01. The van der Waals surface area contributed by atoms with Crippen LogP contribution >= 0.6 is 15.9 Å². The Balaban J connectivity index is 1.77. The lowest BCUT2D eigenvalue weighted by Gasteiger charge is -2.28. The van der Waals surface area contributed by atoms with Crippen molar-refractivity contribution in [2.75, 3.05) is 19.7 Å². The Hall–Kier alpha value is -1.07. The molecule has 1 saturated heterocycles. The van der Waals surface area contributed by atoms with Crippen molar-refractivity contribution in [2.24, 2.45) is 10.7 Å². The zero-order valence-corrected chi connectivity index (χ0v) is 12.3. The van der Waals surface area contributed by atoms with Gasteiger partial charge in [0.25, 0.3) is 0 Å². The molecule has 0 radical (unpaired) electrons. The second kappa shape index (κ2) is 5.51. The van der Waals surface area contributed by atoms with Gasteiger partial charge in [-0.05, 0) is 30.5 Å². The number of hydrogen-bond acceptors (Lipinski definition) is 4. The summed E-state index contributed by atoms with van der Waals surface area (Å²) in [4.78, 5) is 6.57. The summed E-state index contributed by atoms with van der Waals surface area (Å²) >= 11 is 3.52. The van der Waals surface area contributed by atoms with Gasteiger partial charge in [0.2, 0.25) is 0 Å². The van der Waals surface area contributed by atoms with Gasteiger partial charge in [0.15, 0.2) is 5.96 Å². The van der Waals surface area contributed by atoms with E-state index in [0.717, 1.165) is 37.0 Å². The fourth-order valence-electron chi connectivity index (χ4n) is 2.76. The molecule has 19 heavy (non-hydrogen) atoms. The number of guanidine groups is 1. The van der Waals surface area contributed by atoms with E-state index in [1.807, 2.05) is 6.07 Å². The van der Waals surface area contributed by atoms with Gasteiger partial charge in [0.1, 0.15) is 0 Å². The maximum absolute atomic E-state index is 6.03. The quantitative estimate of drug-likeness (QED) is 0.928. The van der Waals surface area contributed by atoms with Gasteiger partial charge < -0.3 is 15.4 Å². The van der Waals surface area contributed by atoms with Crippen LogP contribution in [-0.2, 0) is 4.74 Å². The molecule has 2 atom stereocenters. The van der Waals surface area contributed by atoms with E-state index in [9.17, 15) is 0 Å². The van der Waals surface area contributed by atoms with Crippen LogP contribution in [0.3, 0.4) is 0 Å². The zero-order chi connectivity index (χ0) is 13.2. The second-order valence-corrected chi connectivity index (χ2v) is 5.97. The van der Waals surface area contributed by atoms with Crippen molar-refractivity contribution in [1.82, 2.24) is 4.90 Å². The number of ether oxygens (including phenoxy) is 1. The van der Waals surface area contributed by atoms with Crippen molar-refractivity contribution in [3.8, 4) is 0 Å². The predicted octanol–water partition coefficient (Wildman–Crippen LogP) is 2.30. The summed E-state index contributed by atoms with van der Waals surface area (Å²) in [7, 11) is 0. The standard InChI is InChI=1S/C14H18BrN3O/c15-11-4-1-3-10(7-11)13-8-17-14(16)18(13)9-12-5-2-6-19-12/h1,3-4,7,12-13H,2,5-6,8-9H2,(H2,16,17). The first-order valence-corrected chi connectivity index (χ1v) is 7.47. The molecule has 0 saturated carbocycles. The Bertz CT molecular complexity index is 485. The molecule has 2 heterocycles. The second-order valence-electron chi connectivity index (χ2n) is 5.06. The predicted molar refractivity (Wildman–Crippen MR) is 79.1 cm³/mol. The first-order chi connectivity index (χ1) is 9.24. The smallest absolute Gasteiger partial charge is 0.192 e. The minimum absolute atomic E-state index is 0.238. The Morgan fingerprint density at radius 1 is 1.47 bits per heavy atom. The number of nitrogens with two attached hydrogens (primary N) is 1. The van der Waals surface area contributed by atoms with Gasteiger partial charge in [-0.3, -0.25) is 4.99 Å². The third-order valence-electron chi connectivity index (χ3n) is 3.75. The van der Waals surface area contributed by atoms with E-state index in [-0.39, 0.29) is 6.04 Å². The minimum Gasteiger partial charge on any atom is -0.376 e. The minimum atomic E-state index is 0.238. The van der Waals surface area contributed by atoms with E-state index < -0.39 is 0 Å². The van der Waals surface area contributed by atoms with Crippen molar-refractivity contribution in [3.05, 3.63) is 34.3 Å². The molecule has 3 rings (SSSR count). The van der Waals surface area contributed by atoms with Crippen LogP contribution in [0.2, 0.25) is 0 Å². The summed E-state index contributed by atoms with van der Waals surface area (Å²) < 4.78 is 6.80. The molecule has 102 valence electrons. The highest BCUT2D eigenvalue weighted by molar-refractivity contribution is 9.10. The number of rotatable bonds is 3. The van der Waals surface area contributed by atoms with Crippen LogP contribution in [0.15, 0.2) is 33.7 Å². The highest BCUT2D eigenvalue weighted by atomic mass is 79.9. The number of halogens is 1. The molecule has 0 aromatic heterocycles. The molecule has 0 spiro atoms. The lowest BCUT2D eigenvalue weighted by atomic mass is 10.1. The fourth-order valence-corrected chi connectivity index (χ4v) is 3.17. The van der Waals surface area contributed by atoms with Crippen molar-refractivity contribution >= 4 is 21.9 Å². The zero-order valence-electron chi connectivity index (χ0n) is 10.8. The van der Waals surface area contributed by atoms with Gasteiger partial charge in [-0.15, -0.1) is 0 Å². The number of nitrogens with zero attached hydrogens (tertiary/aromatic N) is 2. The van der Waals surface area contributed by atoms with E-state index >= 15 is 0 Å². The van der Waals surface area contributed by atoms with Crippen molar-refractivity contribution in [1.29, 1.82) is 0 Å². The third kappa shape index (κ3) is 2.77. The molecule has 2 aliphatic heterocycles. The van der Waals surface area contributed by atoms with Gasteiger partial charge in [0.05, 0.1) is 18.7 Å². The number of benzene rings is 1. The SMILES string of the molecule is NC1=NCC(c2cccc(Br)c2)N1CC1CCCO1. The third-order valence-corrected chi connectivity index (χ3v) is 4.25. The number of aliphatic imine (C=N–C) groups is 1. The highest BCUT2D eigenvalue weighted by Crippen LogP contribution is 2.28. The maximum Gasteiger partial charge on any atom is 0.192 e. The molecule has 0 amide bonds. The van der Waals surface area contributed by atoms with Gasteiger partial charge in [-0.25, -0.2) is 0 Å². The van der Waals surface area contributed by atoms with Crippen molar-refractivity contribution < 1.29 is 4.74 Å². The first-order valence-electron chi connectivity index (χ1n) is 6.67. The normalized spacial score (nSPS) is 26.8. The summed E-state index contributed by atoms with van der Waals surface area (Å²) in [5.41, 5.74) is 7.28. The first kappa shape index (κ1) is 12.9. The summed E-state index contributed by atoms with van der Waals surface area (Å²) in [5.74, 6) is 0.639.